The second kappa shape index (κ2) is 13.8. The molecule has 0 aliphatic heterocycles. The van der Waals surface area contributed by atoms with E-state index in [0.717, 1.165) is 83.5 Å². The van der Waals surface area contributed by atoms with E-state index in [1.54, 1.807) is 0 Å². The fourth-order valence-electron chi connectivity index (χ4n) is 8.86. The topological polar surface area (TPSA) is 48.0 Å². The molecule has 0 radical (unpaired) electrons. The lowest BCUT2D eigenvalue weighted by Crippen LogP contribution is -2.27. The Hall–Kier alpha value is -8.15. The van der Waals surface area contributed by atoms with Crippen LogP contribution < -0.4 is 4.40 Å². The number of fused-ring (bicyclic) bond motifs is 7. The minimum Gasteiger partial charge on any atom is -0.454 e. The Balaban J connectivity index is 1.12. The predicted octanol–water partition coefficient (Wildman–Crippen LogP) is 13.5. The third kappa shape index (κ3) is 5.52. The summed E-state index contributed by atoms with van der Waals surface area (Å²) in [6, 6.07) is 72.5. The maximum Gasteiger partial charge on any atom is 0.309 e. The molecule has 5 heteroatoms. The van der Waals surface area contributed by atoms with Gasteiger partial charge in [0.2, 0.25) is 0 Å². The summed E-state index contributed by atoms with van der Waals surface area (Å²) in [5, 5.41) is 4.36. The summed E-state index contributed by atoms with van der Waals surface area (Å²) in [5.74, 6) is 1.44. The van der Waals surface area contributed by atoms with E-state index in [-0.39, 0.29) is 0 Å². The second-order valence-electron chi connectivity index (χ2n) is 15.2. The van der Waals surface area contributed by atoms with Crippen molar-refractivity contribution in [1.82, 2.24) is 14.5 Å². The highest BCUT2D eigenvalue weighted by Crippen LogP contribution is 2.43. The first-order valence-corrected chi connectivity index (χ1v) is 20.2. The largest absolute Gasteiger partial charge is 0.454 e. The molecule has 12 rings (SSSR count). The molecule has 0 unspecified atom stereocenters. The van der Waals surface area contributed by atoms with Gasteiger partial charge in [-0.1, -0.05) is 162 Å². The molecule has 0 saturated heterocycles. The molecule has 0 bridgehead atoms. The molecule has 4 heterocycles. The predicted molar refractivity (Wildman–Crippen MR) is 244 cm³/mol. The molecule has 0 saturated carbocycles. The number of para-hydroxylation sites is 2. The lowest BCUT2D eigenvalue weighted by Gasteiger charge is -2.10. The van der Waals surface area contributed by atoms with Crippen LogP contribution in [0.4, 0.5) is 0 Å². The monoisotopic (exact) mass is 767 g/mol. The number of pyridine rings is 1. The smallest absolute Gasteiger partial charge is 0.309 e. The molecular formula is C55H35N4O+. The summed E-state index contributed by atoms with van der Waals surface area (Å²) in [4.78, 5) is 10.7. The highest BCUT2D eigenvalue weighted by atomic mass is 16.3. The maximum absolute atomic E-state index is 7.12. The number of hydrogen-bond acceptors (Lipinski definition) is 3. The summed E-state index contributed by atoms with van der Waals surface area (Å²) in [6.45, 7) is 0. The van der Waals surface area contributed by atoms with Gasteiger partial charge in [-0.15, -0.1) is 0 Å². The molecule has 0 fully saturated rings. The molecule has 4 aromatic heterocycles. The van der Waals surface area contributed by atoms with E-state index >= 15 is 0 Å². The average Bonchev–Trinajstić information content (AvgIpc) is 3.87. The molecule has 0 atom stereocenters. The minimum atomic E-state index is 0.628. The lowest BCUT2D eigenvalue weighted by atomic mass is 9.98. The number of nitrogens with zero attached hydrogens (tertiary/aromatic N) is 4. The Morgan fingerprint density at radius 1 is 0.417 bits per heavy atom. The van der Waals surface area contributed by atoms with Crippen LogP contribution in [0.15, 0.2) is 217 Å². The summed E-state index contributed by atoms with van der Waals surface area (Å²) < 4.78 is 11.5. The van der Waals surface area contributed by atoms with Gasteiger partial charge in [-0.2, -0.15) is 4.40 Å². The van der Waals surface area contributed by atoms with Crippen LogP contribution >= 0.6 is 0 Å². The van der Waals surface area contributed by atoms with Gasteiger partial charge in [-0.05, 0) is 81.9 Å². The van der Waals surface area contributed by atoms with Crippen LogP contribution in [0.2, 0.25) is 0 Å². The van der Waals surface area contributed by atoms with Crippen molar-refractivity contribution in [1.29, 1.82) is 0 Å². The van der Waals surface area contributed by atoms with Crippen LogP contribution in [0.1, 0.15) is 0 Å². The molecule has 0 amide bonds. The fourth-order valence-corrected chi connectivity index (χ4v) is 8.86. The molecule has 0 spiro atoms. The number of hydrogen-bond donors (Lipinski definition) is 0. The quantitative estimate of drug-likeness (QED) is 0.158. The van der Waals surface area contributed by atoms with Gasteiger partial charge in [0.1, 0.15) is 5.58 Å². The molecule has 0 N–H and O–H groups in total. The van der Waals surface area contributed by atoms with E-state index < -0.39 is 0 Å². The zero-order chi connectivity index (χ0) is 39.6. The Labute approximate surface area is 345 Å². The Kier molecular flexibility index (Phi) is 7.78. The third-order valence-corrected chi connectivity index (χ3v) is 11.7. The van der Waals surface area contributed by atoms with Gasteiger partial charge in [0.15, 0.2) is 5.58 Å². The average molecular weight is 768 g/mol. The Bertz CT molecular complexity index is 3570. The Morgan fingerprint density at radius 3 is 1.78 bits per heavy atom. The second-order valence-corrected chi connectivity index (χ2v) is 15.2. The number of furan rings is 1. The van der Waals surface area contributed by atoms with Crippen LogP contribution in [0, 0.1) is 0 Å². The van der Waals surface area contributed by atoms with Gasteiger partial charge in [0, 0.05) is 27.6 Å². The molecule has 0 aliphatic rings. The van der Waals surface area contributed by atoms with Crippen molar-refractivity contribution in [3.05, 3.63) is 212 Å². The minimum absolute atomic E-state index is 0.628. The van der Waals surface area contributed by atoms with E-state index in [1.165, 1.54) is 21.9 Å². The van der Waals surface area contributed by atoms with Gasteiger partial charge in [-0.25, -0.2) is 0 Å². The highest BCUT2D eigenvalue weighted by Gasteiger charge is 2.26. The van der Waals surface area contributed by atoms with Gasteiger partial charge in [0.05, 0.1) is 34.0 Å². The van der Waals surface area contributed by atoms with Crippen molar-refractivity contribution < 1.29 is 8.82 Å². The zero-order valence-corrected chi connectivity index (χ0v) is 32.4. The molecule has 8 aromatic carbocycles. The van der Waals surface area contributed by atoms with Crippen LogP contribution in [0.3, 0.4) is 0 Å². The van der Waals surface area contributed by atoms with E-state index in [1.807, 2.05) is 36.5 Å². The van der Waals surface area contributed by atoms with Crippen molar-refractivity contribution in [2.75, 3.05) is 0 Å². The molecule has 280 valence electrons. The lowest BCUT2D eigenvalue weighted by molar-refractivity contribution is -0.505. The van der Waals surface area contributed by atoms with E-state index in [2.05, 4.69) is 185 Å². The fraction of sp³-hybridized carbons (Fsp3) is 0. The van der Waals surface area contributed by atoms with Gasteiger partial charge >= 0.3 is 5.82 Å². The molecule has 5 nitrogen and oxygen atoms in total. The van der Waals surface area contributed by atoms with Gasteiger partial charge in [0.25, 0.3) is 11.5 Å². The van der Waals surface area contributed by atoms with Crippen molar-refractivity contribution >= 4 is 49.4 Å². The summed E-state index contributed by atoms with van der Waals surface area (Å²) >= 11 is 0. The van der Waals surface area contributed by atoms with Crippen LogP contribution in [-0.2, 0) is 0 Å². The maximum atomic E-state index is 7.12. The van der Waals surface area contributed by atoms with Gasteiger partial charge in [-0.3, -0.25) is 0 Å². The first-order valence-electron chi connectivity index (χ1n) is 20.2. The van der Waals surface area contributed by atoms with Crippen LogP contribution in [-0.4, -0.2) is 14.5 Å². The first kappa shape index (κ1) is 33.9. The normalized spacial score (nSPS) is 11.7. The van der Waals surface area contributed by atoms with Crippen LogP contribution in [0.5, 0.6) is 0 Å². The van der Waals surface area contributed by atoms with Crippen LogP contribution in [0.25, 0.3) is 111 Å². The van der Waals surface area contributed by atoms with Gasteiger partial charge < -0.3 is 8.98 Å². The molecule has 60 heavy (non-hydrogen) atoms. The molecule has 0 aliphatic carbocycles. The van der Waals surface area contributed by atoms with E-state index in [9.17, 15) is 0 Å². The van der Waals surface area contributed by atoms with Crippen molar-refractivity contribution in [3.8, 4) is 61.8 Å². The molecular weight excluding hydrogens is 733 g/mol. The zero-order valence-electron chi connectivity index (χ0n) is 32.4. The third-order valence-electron chi connectivity index (χ3n) is 11.7. The Morgan fingerprint density at radius 2 is 1.02 bits per heavy atom. The standard InChI is InChI=1S/C55H35N4O/c1-4-15-36(16-5-1)39-26-28-40(29-27-39)55-57-54(56-51-25-12-13-32-58(51)55)46-33-42(38-19-8-3-9-20-38)35-50-52(46)45-22-14-24-48(53(45)60-50)59-47-23-11-10-21-43(47)44-31-30-41(34-49(44)59)37-17-6-2-7-18-37/h1-35H/q+1. The van der Waals surface area contributed by atoms with E-state index in [0.29, 0.717) is 5.82 Å². The van der Waals surface area contributed by atoms with E-state index in [4.69, 9.17) is 14.4 Å². The summed E-state index contributed by atoms with van der Waals surface area (Å²) in [6.07, 6.45) is 2.03. The molecule has 12 aromatic rings. The summed E-state index contributed by atoms with van der Waals surface area (Å²) in [5.41, 5.74) is 14.3. The van der Waals surface area contributed by atoms with Crippen molar-refractivity contribution in [3.63, 3.8) is 0 Å². The van der Waals surface area contributed by atoms with Crippen molar-refractivity contribution in [2.45, 2.75) is 0 Å². The number of rotatable bonds is 6. The van der Waals surface area contributed by atoms with Crippen molar-refractivity contribution in [2.24, 2.45) is 0 Å². The highest BCUT2D eigenvalue weighted by molar-refractivity contribution is 6.16. The number of benzene rings is 8. The SMILES string of the molecule is c1ccc(-c2ccc(-c3nc(-c4cc(-c5ccccc5)cc5oc6c(-n7c8ccccc8c8ccc(-c9ccccc9)cc87)cccc6c45)nc4cccc[n+]34)cc2)cc1. The first-order chi connectivity index (χ1) is 29.7. The number of aromatic nitrogens is 4. The summed E-state index contributed by atoms with van der Waals surface area (Å²) in [7, 11) is 0.